The van der Waals surface area contributed by atoms with Crippen LogP contribution in [0.25, 0.3) is 0 Å². The lowest BCUT2D eigenvalue weighted by molar-refractivity contribution is 0.0989. The predicted octanol–water partition coefficient (Wildman–Crippen LogP) is 3.73. The zero-order valence-corrected chi connectivity index (χ0v) is 12.6. The lowest BCUT2D eigenvalue weighted by atomic mass is 9.91. The van der Waals surface area contributed by atoms with E-state index in [9.17, 15) is 13.4 Å². The van der Waals surface area contributed by atoms with Gasteiger partial charge in [0.15, 0.2) is 5.78 Å². The van der Waals surface area contributed by atoms with Crippen LogP contribution in [0.1, 0.15) is 49.4 Å². The van der Waals surface area contributed by atoms with E-state index in [-0.39, 0.29) is 23.3 Å². The van der Waals surface area contributed by atoms with Gasteiger partial charge in [-0.05, 0) is 43.0 Å². The van der Waals surface area contributed by atoms with E-state index >= 15 is 0 Å². The molecule has 0 bridgehead atoms. The lowest BCUT2D eigenvalue weighted by Gasteiger charge is -2.25. The minimum atomic E-state index is -0.921. The van der Waals surface area contributed by atoms with Crippen molar-refractivity contribution in [2.24, 2.45) is 5.92 Å². The molecular weight excluding hydrogens is 275 g/mol. The molecule has 1 aromatic carbocycles. The normalized spacial score (nSPS) is 24.3. The maximum atomic E-state index is 12.8. The molecule has 0 amide bonds. The van der Waals surface area contributed by atoms with Crippen LogP contribution in [0.3, 0.4) is 0 Å². The Morgan fingerprint density at radius 2 is 2.00 bits per heavy atom. The summed E-state index contributed by atoms with van der Waals surface area (Å²) in [6, 6.07) is 5.55. The van der Waals surface area contributed by atoms with Crippen LogP contribution in [0.5, 0.6) is 0 Å². The maximum Gasteiger partial charge on any atom is 0.163 e. The molecule has 2 nitrogen and oxygen atoms in total. The van der Waals surface area contributed by atoms with Crippen LogP contribution >= 0.6 is 0 Å². The quantitative estimate of drug-likeness (QED) is 0.776. The number of hydrogen-bond donors (Lipinski definition) is 0. The van der Waals surface area contributed by atoms with Crippen molar-refractivity contribution in [2.75, 3.05) is 5.75 Å². The smallest absolute Gasteiger partial charge is 0.163 e. The second-order valence-corrected chi connectivity index (χ2v) is 7.50. The Morgan fingerprint density at radius 1 is 1.30 bits per heavy atom. The van der Waals surface area contributed by atoms with Gasteiger partial charge >= 0.3 is 0 Å². The minimum absolute atomic E-state index is 0.0535. The van der Waals surface area contributed by atoms with E-state index in [4.69, 9.17) is 0 Å². The number of halogens is 1. The minimum Gasteiger partial charge on any atom is -0.294 e. The van der Waals surface area contributed by atoms with Crippen LogP contribution in [0.4, 0.5) is 4.39 Å². The summed E-state index contributed by atoms with van der Waals surface area (Å²) in [6.45, 7) is 2.20. The number of rotatable bonds is 5. The van der Waals surface area contributed by atoms with Gasteiger partial charge in [0, 0.05) is 33.8 Å². The van der Waals surface area contributed by atoms with E-state index < -0.39 is 10.8 Å². The van der Waals surface area contributed by atoms with E-state index in [0.29, 0.717) is 17.2 Å². The Bertz CT molecular complexity index is 484. The van der Waals surface area contributed by atoms with E-state index in [2.05, 4.69) is 6.92 Å². The number of hydrogen-bond acceptors (Lipinski definition) is 2. The predicted molar refractivity (Wildman–Crippen MR) is 79.8 cm³/mol. The fraction of sp³-hybridized carbons (Fsp3) is 0.562. The van der Waals surface area contributed by atoms with Crippen molar-refractivity contribution >= 4 is 16.6 Å². The SMILES string of the molecule is CC1CCCC(S(=O)CCC(=O)c2ccc(F)cc2)C1. The Morgan fingerprint density at radius 3 is 2.65 bits per heavy atom. The van der Waals surface area contributed by atoms with Gasteiger partial charge in [0.1, 0.15) is 5.82 Å². The van der Waals surface area contributed by atoms with Crippen LogP contribution in [-0.4, -0.2) is 21.0 Å². The van der Waals surface area contributed by atoms with Crippen molar-refractivity contribution in [2.45, 2.75) is 44.3 Å². The van der Waals surface area contributed by atoms with E-state index in [1.807, 2.05) is 0 Å². The molecule has 1 aliphatic rings. The highest BCUT2D eigenvalue weighted by molar-refractivity contribution is 7.85. The third-order valence-electron chi connectivity index (χ3n) is 3.96. The first-order valence-electron chi connectivity index (χ1n) is 7.22. The average molecular weight is 296 g/mol. The molecule has 0 aliphatic heterocycles. The highest BCUT2D eigenvalue weighted by Gasteiger charge is 2.24. The van der Waals surface area contributed by atoms with Gasteiger partial charge in [0.25, 0.3) is 0 Å². The van der Waals surface area contributed by atoms with Gasteiger partial charge in [-0.25, -0.2) is 4.39 Å². The third kappa shape index (κ3) is 4.23. The molecule has 1 saturated carbocycles. The summed E-state index contributed by atoms with van der Waals surface area (Å²) in [5.74, 6) is 0.669. The van der Waals surface area contributed by atoms with Gasteiger partial charge in [0.2, 0.25) is 0 Å². The number of benzene rings is 1. The second-order valence-electron chi connectivity index (χ2n) is 5.66. The van der Waals surface area contributed by atoms with Gasteiger partial charge in [-0.3, -0.25) is 9.00 Å². The first-order chi connectivity index (χ1) is 9.56. The first-order valence-corrected chi connectivity index (χ1v) is 8.60. The Hall–Kier alpha value is -1.03. The molecule has 1 aromatic rings. The molecule has 3 unspecified atom stereocenters. The summed E-state index contributed by atoms with van der Waals surface area (Å²) in [4.78, 5) is 12.0. The molecule has 0 N–H and O–H groups in total. The van der Waals surface area contributed by atoms with Crippen molar-refractivity contribution < 1.29 is 13.4 Å². The molecular formula is C16H21FO2S. The van der Waals surface area contributed by atoms with Crippen molar-refractivity contribution in [3.05, 3.63) is 35.6 Å². The standard InChI is InChI=1S/C16H21FO2S/c1-12-3-2-4-15(11-12)20(19)10-9-16(18)13-5-7-14(17)8-6-13/h5-8,12,15H,2-4,9-11H2,1H3. The van der Waals surface area contributed by atoms with E-state index in [1.54, 1.807) is 0 Å². The largest absolute Gasteiger partial charge is 0.294 e. The molecule has 0 aromatic heterocycles. The van der Waals surface area contributed by atoms with Gasteiger partial charge < -0.3 is 0 Å². The molecule has 0 heterocycles. The molecule has 3 atom stereocenters. The highest BCUT2D eigenvalue weighted by Crippen LogP contribution is 2.27. The Balaban J connectivity index is 1.83. The summed E-state index contributed by atoms with van der Waals surface area (Å²) in [7, 11) is -0.921. The fourth-order valence-corrected chi connectivity index (χ4v) is 4.45. The van der Waals surface area contributed by atoms with Gasteiger partial charge in [0.05, 0.1) is 0 Å². The number of Topliss-reactive ketones (excluding diaryl/α,β-unsaturated/α-hetero) is 1. The highest BCUT2D eigenvalue weighted by atomic mass is 32.2. The second kappa shape index (κ2) is 7.11. The van der Waals surface area contributed by atoms with E-state index in [0.717, 1.165) is 19.3 Å². The van der Waals surface area contributed by atoms with Crippen LogP contribution < -0.4 is 0 Å². The molecule has 1 fully saturated rings. The van der Waals surface area contributed by atoms with E-state index in [1.165, 1.54) is 30.7 Å². The van der Waals surface area contributed by atoms with Gasteiger partial charge in [-0.15, -0.1) is 0 Å². The third-order valence-corrected chi connectivity index (χ3v) is 5.73. The summed E-state index contributed by atoms with van der Waals surface area (Å²) < 4.78 is 25.0. The van der Waals surface area contributed by atoms with Crippen molar-refractivity contribution in [1.82, 2.24) is 0 Å². The summed E-state index contributed by atoms with van der Waals surface area (Å²) >= 11 is 0. The zero-order valence-electron chi connectivity index (χ0n) is 11.8. The number of ketones is 1. The number of carbonyl (C=O) groups excluding carboxylic acids is 1. The molecule has 0 radical (unpaired) electrons. The average Bonchev–Trinajstić information content (AvgIpc) is 2.45. The zero-order chi connectivity index (χ0) is 14.5. The Labute approximate surface area is 122 Å². The Kier molecular flexibility index (Phi) is 5.46. The summed E-state index contributed by atoms with van der Waals surface area (Å²) in [5, 5.41) is 0.250. The maximum absolute atomic E-state index is 12.8. The fourth-order valence-electron chi connectivity index (χ4n) is 2.76. The molecule has 20 heavy (non-hydrogen) atoms. The van der Waals surface area contributed by atoms with Crippen LogP contribution in [-0.2, 0) is 10.8 Å². The van der Waals surface area contributed by atoms with Crippen LogP contribution in [0, 0.1) is 11.7 Å². The molecule has 0 saturated heterocycles. The van der Waals surface area contributed by atoms with Crippen LogP contribution in [0.15, 0.2) is 24.3 Å². The topological polar surface area (TPSA) is 34.1 Å². The summed E-state index contributed by atoms with van der Waals surface area (Å²) in [5.41, 5.74) is 0.500. The molecule has 4 heteroatoms. The molecule has 0 spiro atoms. The van der Waals surface area contributed by atoms with Crippen molar-refractivity contribution in [3.8, 4) is 0 Å². The van der Waals surface area contributed by atoms with Gasteiger partial charge in [-0.2, -0.15) is 0 Å². The summed E-state index contributed by atoms with van der Waals surface area (Å²) in [6.07, 6.45) is 4.67. The number of carbonyl (C=O) groups is 1. The van der Waals surface area contributed by atoms with Crippen LogP contribution in [0.2, 0.25) is 0 Å². The molecule has 110 valence electrons. The van der Waals surface area contributed by atoms with Gasteiger partial charge in [-0.1, -0.05) is 19.8 Å². The van der Waals surface area contributed by atoms with Crippen molar-refractivity contribution in [3.63, 3.8) is 0 Å². The monoisotopic (exact) mass is 296 g/mol. The molecule has 2 rings (SSSR count). The van der Waals surface area contributed by atoms with Crippen molar-refractivity contribution in [1.29, 1.82) is 0 Å². The lowest BCUT2D eigenvalue weighted by Crippen LogP contribution is -2.25. The first kappa shape index (κ1) is 15.4. The molecule has 1 aliphatic carbocycles.